The average molecular weight is 282 g/mol. The Morgan fingerprint density at radius 2 is 2.05 bits per heavy atom. The molecule has 1 aromatic carbocycles. The highest BCUT2D eigenvalue weighted by Gasteiger charge is 2.22. The SMILES string of the molecule is CCOC(=O)[C@H](CSN=O)NC(=O)c1ccccc1. The van der Waals surface area contributed by atoms with Crippen LogP contribution in [-0.2, 0) is 9.53 Å². The molecule has 0 aliphatic rings. The van der Waals surface area contributed by atoms with Crippen LogP contribution in [0.3, 0.4) is 0 Å². The fraction of sp³-hybridized carbons (Fsp3) is 0.333. The zero-order valence-corrected chi connectivity index (χ0v) is 11.2. The number of amides is 1. The van der Waals surface area contributed by atoms with Crippen LogP contribution in [0.1, 0.15) is 17.3 Å². The fourth-order valence-electron chi connectivity index (χ4n) is 1.35. The molecule has 0 aliphatic heterocycles. The molecule has 1 atom stereocenters. The first-order chi connectivity index (χ1) is 9.19. The van der Waals surface area contributed by atoms with Crippen LogP contribution >= 0.6 is 11.9 Å². The van der Waals surface area contributed by atoms with E-state index in [4.69, 9.17) is 4.74 Å². The van der Waals surface area contributed by atoms with Gasteiger partial charge in [0.2, 0.25) is 0 Å². The number of ether oxygens (including phenoxy) is 1. The van der Waals surface area contributed by atoms with Gasteiger partial charge in [0.25, 0.3) is 5.91 Å². The molecule has 0 saturated heterocycles. The van der Waals surface area contributed by atoms with Gasteiger partial charge in [0.15, 0.2) is 0 Å². The van der Waals surface area contributed by atoms with Crippen LogP contribution < -0.4 is 5.32 Å². The topological polar surface area (TPSA) is 84.8 Å². The number of nitrogens with one attached hydrogen (secondary N) is 1. The van der Waals surface area contributed by atoms with Gasteiger partial charge in [0, 0.05) is 27.8 Å². The zero-order valence-electron chi connectivity index (χ0n) is 10.4. The summed E-state index contributed by atoms with van der Waals surface area (Å²) in [6.45, 7) is 1.87. The zero-order chi connectivity index (χ0) is 14.1. The average Bonchev–Trinajstić information content (AvgIpc) is 2.44. The van der Waals surface area contributed by atoms with E-state index in [9.17, 15) is 14.5 Å². The highest BCUT2D eigenvalue weighted by atomic mass is 32.2. The maximum atomic E-state index is 11.9. The van der Waals surface area contributed by atoms with Crippen molar-refractivity contribution in [3.63, 3.8) is 0 Å². The van der Waals surface area contributed by atoms with Gasteiger partial charge in [-0.2, -0.15) is 0 Å². The van der Waals surface area contributed by atoms with Crippen molar-refractivity contribution in [3.8, 4) is 0 Å². The first kappa shape index (κ1) is 15.2. The lowest BCUT2D eigenvalue weighted by molar-refractivity contribution is -0.144. The molecule has 0 bridgehead atoms. The van der Waals surface area contributed by atoms with E-state index in [1.165, 1.54) is 0 Å². The highest BCUT2D eigenvalue weighted by molar-refractivity contribution is 7.97. The molecule has 19 heavy (non-hydrogen) atoms. The third kappa shape index (κ3) is 5.09. The summed E-state index contributed by atoms with van der Waals surface area (Å²) in [7, 11) is 0. The number of carbonyl (C=O) groups excluding carboxylic acids is 2. The molecule has 0 fully saturated rings. The van der Waals surface area contributed by atoms with Crippen LogP contribution in [-0.4, -0.2) is 30.3 Å². The summed E-state index contributed by atoms with van der Waals surface area (Å²) in [6.07, 6.45) is 0. The number of rotatable bonds is 7. The molecular formula is C12H14N2O4S. The second-order valence-corrected chi connectivity index (χ2v) is 4.26. The molecule has 0 aliphatic carbocycles. The Bertz CT molecular complexity index is 439. The van der Waals surface area contributed by atoms with Crippen LogP contribution in [0.2, 0.25) is 0 Å². The predicted molar refractivity (Wildman–Crippen MR) is 72.6 cm³/mol. The van der Waals surface area contributed by atoms with Crippen molar-refractivity contribution in [3.05, 3.63) is 40.8 Å². The Hall–Kier alpha value is -1.89. The molecule has 1 amide bonds. The van der Waals surface area contributed by atoms with Crippen LogP contribution in [0, 0.1) is 4.91 Å². The summed E-state index contributed by atoms with van der Waals surface area (Å²) in [5, 5.41) is 2.52. The first-order valence-electron chi connectivity index (χ1n) is 5.66. The number of benzene rings is 1. The minimum absolute atomic E-state index is 0.0426. The largest absolute Gasteiger partial charge is 0.464 e. The van der Waals surface area contributed by atoms with Gasteiger partial charge >= 0.3 is 5.97 Å². The van der Waals surface area contributed by atoms with Crippen molar-refractivity contribution in [2.45, 2.75) is 13.0 Å². The predicted octanol–water partition coefficient (Wildman–Crippen LogP) is 1.76. The Morgan fingerprint density at radius 3 is 2.63 bits per heavy atom. The minimum Gasteiger partial charge on any atom is -0.464 e. The van der Waals surface area contributed by atoms with Gasteiger partial charge in [0.1, 0.15) is 6.04 Å². The van der Waals surface area contributed by atoms with Crippen molar-refractivity contribution in [1.82, 2.24) is 5.32 Å². The minimum atomic E-state index is -0.893. The second kappa shape index (κ2) is 8.25. The summed E-state index contributed by atoms with van der Waals surface area (Å²) in [4.78, 5) is 33.6. The molecule has 0 unspecified atom stereocenters. The lowest BCUT2D eigenvalue weighted by atomic mass is 10.2. The lowest BCUT2D eigenvalue weighted by Gasteiger charge is -2.15. The van der Waals surface area contributed by atoms with Gasteiger partial charge in [-0.3, -0.25) is 4.79 Å². The van der Waals surface area contributed by atoms with Gasteiger partial charge in [-0.25, -0.2) is 4.79 Å². The van der Waals surface area contributed by atoms with Crippen molar-refractivity contribution >= 4 is 23.8 Å². The highest BCUT2D eigenvalue weighted by Crippen LogP contribution is 2.07. The molecule has 102 valence electrons. The van der Waals surface area contributed by atoms with Gasteiger partial charge in [-0.05, 0) is 19.1 Å². The van der Waals surface area contributed by atoms with E-state index in [0.717, 1.165) is 0 Å². The Labute approximate surface area is 115 Å². The summed E-state index contributed by atoms with van der Waals surface area (Å²) < 4.78 is 7.43. The summed E-state index contributed by atoms with van der Waals surface area (Å²) in [6, 6.07) is 7.58. The molecular weight excluding hydrogens is 268 g/mol. The molecule has 0 saturated carbocycles. The van der Waals surface area contributed by atoms with E-state index in [1.54, 1.807) is 37.3 Å². The second-order valence-electron chi connectivity index (χ2n) is 3.51. The van der Waals surface area contributed by atoms with Crippen LogP contribution in [0.5, 0.6) is 0 Å². The molecule has 0 radical (unpaired) electrons. The van der Waals surface area contributed by atoms with E-state index in [0.29, 0.717) is 17.5 Å². The van der Waals surface area contributed by atoms with Gasteiger partial charge in [-0.15, -0.1) is 4.91 Å². The monoisotopic (exact) mass is 282 g/mol. The Kier molecular flexibility index (Phi) is 6.59. The summed E-state index contributed by atoms with van der Waals surface area (Å²) >= 11 is 0.661. The number of nitroso groups, excluding NO2 is 1. The van der Waals surface area contributed by atoms with Crippen LogP contribution in [0.15, 0.2) is 34.9 Å². The number of esters is 1. The van der Waals surface area contributed by atoms with E-state index in [-0.39, 0.29) is 12.4 Å². The third-order valence-electron chi connectivity index (χ3n) is 2.21. The van der Waals surface area contributed by atoms with Crippen molar-refractivity contribution in [1.29, 1.82) is 0 Å². The molecule has 1 N–H and O–H groups in total. The van der Waals surface area contributed by atoms with E-state index >= 15 is 0 Å². The molecule has 6 nitrogen and oxygen atoms in total. The summed E-state index contributed by atoms with van der Waals surface area (Å²) in [5.74, 6) is -0.936. The molecule has 7 heteroatoms. The van der Waals surface area contributed by atoms with Gasteiger partial charge in [0.05, 0.1) is 6.61 Å². The molecule has 1 aromatic rings. The number of hydrogen-bond acceptors (Lipinski definition) is 6. The van der Waals surface area contributed by atoms with Crippen molar-refractivity contribution in [2.24, 2.45) is 4.58 Å². The molecule has 1 rings (SSSR count). The number of carbonyl (C=O) groups is 2. The lowest BCUT2D eigenvalue weighted by Crippen LogP contribution is -2.43. The first-order valence-corrected chi connectivity index (χ1v) is 6.60. The Balaban J connectivity index is 2.68. The van der Waals surface area contributed by atoms with E-state index < -0.39 is 17.9 Å². The maximum absolute atomic E-state index is 11.9. The standard InChI is InChI=1S/C12H14N2O4S/c1-2-18-12(16)10(8-19-14-17)13-11(15)9-6-4-3-5-7-9/h3-7,10H,2,8H2,1H3,(H,13,15)/t10-/m0/s1. The molecule has 0 heterocycles. The van der Waals surface area contributed by atoms with E-state index in [1.807, 2.05) is 0 Å². The van der Waals surface area contributed by atoms with Crippen LogP contribution in [0.4, 0.5) is 0 Å². The smallest absolute Gasteiger partial charge is 0.329 e. The molecule has 0 spiro atoms. The fourth-order valence-corrected chi connectivity index (χ4v) is 1.78. The normalized spacial score (nSPS) is 11.4. The number of hydrogen-bond donors (Lipinski definition) is 1. The maximum Gasteiger partial charge on any atom is 0.329 e. The third-order valence-corrected chi connectivity index (χ3v) is 2.79. The van der Waals surface area contributed by atoms with Crippen LogP contribution in [0.25, 0.3) is 0 Å². The number of nitrogens with zero attached hydrogens (tertiary/aromatic N) is 1. The van der Waals surface area contributed by atoms with Gasteiger partial charge < -0.3 is 10.1 Å². The quantitative estimate of drug-likeness (QED) is 0.468. The van der Waals surface area contributed by atoms with Crippen molar-refractivity contribution in [2.75, 3.05) is 12.4 Å². The Morgan fingerprint density at radius 1 is 1.37 bits per heavy atom. The van der Waals surface area contributed by atoms with Gasteiger partial charge in [-0.1, -0.05) is 18.2 Å². The molecule has 0 aromatic heterocycles. The summed E-state index contributed by atoms with van der Waals surface area (Å²) in [5.41, 5.74) is 0.431. The van der Waals surface area contributed by atoms with E-state index in [2.05, 4.69) is 9.90 Å². The van der Waals surface area contributed by atoms with Crippen molar-refractivity contribution < 1.29 is 14.3 Å².